The van der Waals surface area contributed by atoms with E-state index in [4.69, 9.17) is 10.8 Å². The zero-order valence-corrected chi connectivity index (χ0v) is 3.39. The second kappa shape index (κ2) is 8.82. The smallest absolute Gasteiger partial charge is 0.0764 e. The van der Waals surface area contributed by atoms with E-state index in [-0.39, 0.29) is 5.48 Å². The fourth-order valence-corrected chi connectivity index (χ4v) is 0.0609. The lowest BCUT2D eigenvalue weighted by Gasteiger charge is -1.67. The molecule has 0 saturated carbocycles. The molecule has 0 spiro atoms. The molecule has 0 aliphatic carbocycles. The highest BCUT2D eigenvalue weighted by Gasteiger charge is 1.52. The van der Waals surface area contributed by atoms with Gasteiger partial charge in [-0.15, -0.1) is 0 Å². The topological polar surface area (TPSA) is 77.8 Å². The van der Waals surface area contributed by atoms with Crippen molar-refractivity contribution >= 4 is 0 Å². The van der Waals surface area contributed by atoms with Crippen LogP contribution in [0.3, 0.4) is 0 Å². The number of hydrogen-bond donors (Lipinski definition) is 2. The SMILES string of the molecule is NCC=CO.O. The van der Waals surface area contributed by atoms with Crippen molar-refractivity contribution in [2.75, 3.05) is 6.54 Å². The second-order valence-corrected chi connectivity index (χ2v) is 0.620. The van der Waals surface area contributed by atoms with Crippen LogP contribution in [0.5, 0.6) is 0 Å². The minimum Gasteiger partial charge on any atom is -0.516 e. The van der Waals surface area contributed by atoms with E-state index in [1.54, 1.807) is 0 Å². The van der Waals surface area contributed by atoms with Gasteiger partial charge in [-0.2, -0.15) is 0 Å². The van der Waals surface area contributed by atoms with Crippen LogP contribution in [0, 0.1) is 0 Å². The number of aliphatic hydroxyl groups excluding tert-OH is 1. The average Bonchev–Trinajstić information content (AvgIpc) is 1.41. The molecule has 5 N–H and O–H groups in total. The van der Waals surface area contributed by atoms with Crippen LogP contribution in [0.25, 0.3) is 0 Å². The van der Waals surface area contributed by atoms with Gasteiger partial charge in [-0.05, 0) is 6.08 Å². The molecule has 0 unspecified atom stereocenters. The van der Waals surface area contributed by atoms with Gasteiger partial charge in [-0.25, -0.2) is 0 Å². The number of aliphatic hydroxyl groups is 1. The molecule has 38 valence electrons. The summed E-state index contributed by atoms with van der Waals surface area (Å²) in [5.74, 6) is 0. The van der Waals surface area contributed by atoms with Crippen LogP contribution in [0.2, 0.25) is 0 Å². The summed E-state index contributed by atoms with van der Waals surface area (Å²) in [6.45, 7) is 0.413. The van der Waals surface area contributed by atoms with Gasteiger partial charge in [-0.3, -0.25) is 0 Å². The Hall–Kier alpha value is -0.540. The first kappa shape index (κ1) is 9.07. The summed E-state index contributed by atoms with van der Waals surface area (Å²) in [7, 11) is 0. The Labute approximate surface area is 36.4 Å². The molecule has 0 aromatic heterocycles. The summed E-state index contributed by atoms with van der Waals surface area (Å²) in [6.07, 6.45) is 2.39. The molecule has 0 rings (SSSR count). The van der Waals surface area contributed by atoms with Crippen molar-refractivity contribution in [2.45, 2.75) is 0 Å². The van der Waals surface area contributed by atoms with Crippen LogP contribution < -0.4 is 5.73 Å². The van der Waals surface area contributed by atoms with E-state index in [0.29, 0.717) is 6.54 Å². The largest absolute Gasteiger partial charge is 0.516 e. The van der Waals surface area contributed by atoms with E-state index in [9.17, 15) is 0 Å². The van der Waals surface area contributed by atoms with Crippen molar-refractivity contribution < 1.29 is 10.6 Å². The van der Waals surface area contributed by atoms with Crippen LogP contribution in [0.4, 0.5) is 0 Å². The predicted molar refractivity (Wildman–Crippen MR) is 24.4 cm³/mol. The molecule has 0 saturated heterocycles. The maximum Gasteiger partial charge on any atom is 0.0764 e. The summed E-state index contributed by atoms with van der Waals surface area (Å²) in [5.41, 5.74) is 4.89. The lowest BCUT2D eigenvalue weighted by atomic mass is 10.6. The summed E-state index contributed by atoms with van der Waals surface area (Å²) in [4.78, 5) is 0. The molecule has 0 radical (unpaired) electrons. The molecule has 3 nitrogen and oxygen atoms in total. The Morgan fingerprint density at radius 1 is 1.67 bits per heavy atom. The molecule has 0 aliphatic heterocycles. The van der Waals surface area contributed by atoms with E-state index in [1.165, 1.54) is 6.08 Å². The minimum absolute atomic E-state index is 0. The van der Waals surface area contributed by atoms with Crippen molar-refractivity contribution in [2.24, 2.45) is 5.73 Å². The van der Waals surface area contributed by atoms with Gasteiger partial charge >= 0.3 is 0 Å². The molecule has 0 fully saturated rings. The summed E-state index contributed by atoms with van der Waals surface area (Å²) >= 11 is 0. The third kappa shape index (κ3) is 9.82. The normalized spacial score (nSPS) is 8.17. The van der Waals surface area contributed by atoms with E-state index in [2.05, 4.69) is 0 Å². The predicted octanol–water partition coefficient (Wildman–Crippen LogP) is -0.808. The molecule has 0 amide bonds. The van der Waals surface area contributed by atoms with Crippen molar-refractivity contribution in [3.8, 4) is 0 Å². The first-order valence-corrected chi connectivity index (χ1v) is 1.41. The minimum atomic E-state index is 0. The molecule has 0 aromatic carbocycles. The number of nitrogens with two attached hydrogens (primary N) is 1. The van der Waals surface area contributed by atoms with Crippen molar-refractivity contribution in [1.29, 1.82) is 0 Å². The zero-order valence-electron chi connectivity index (χ0n) is 3.39. The fraction of sp³-hybridized carbons (Fsp3) is 0.333. The van der Waals surface area contributed by atoms with Gasteiger partial charge in [0.2, 0.25) is 0 Å². The summed E-state index contributed by atoms with van der Waals surface area (Å²) < 4.78 is 0. The standard InChI is InChI=1S/C3H7NO.H2O/c4-2-1-3-5;/h1,3,5H,2,4H2;1H2. The highest BCUT2D eigenvalue weighted by Crippen LogP contribution is 1.52. The monoisotopic (exact) mass is 91.1 g/mol. The van der Waals surface area contributed by atoms with Crippen LogP contribution in [-0.2, 0) is 0 Å². The van der Waals surface area contributed by atoms with E-state index >= 15 is 0 Å². The molecule has 0 heterocycles. The number of hydrogen-bond acceptors (Lipinski definition) is 2. The van der Waals surface area contributed by atoms with Gasteiger partial charge in [0.05, 0.1) is 6.26 Å². The molecule has 0 aliphatic rings. The quantitative estimate of drug-likeness (QED) is 0.414. The third-order valence-electron chi connectivity index (χ3n) is 0.241. The lowest BCUT2D eigenvalue weighted by molar-refractivity contribution is 0.472. The third-order valence-corrected chi connectivity index (χ3v) is 0.241. The second-order valence-electron chi connectivity index (χ2n) is 0.620. The van der Waals surface area contributed by atoms with Crippen LogP contribution in [0.15, 0.2) is 12.3 Å². The maximum atomic E-state index is 7.81. The molecule has 0 bridgehead atoms. The van der Waals surface area contributed by atoms with E-state index in [1.807, 2.05) is 0 Å². The maximum absolute atomic E-state index is 7.81. The Balaban J connectivity index is 0. The Bertz CT molecular complexity index is 35.8. The van der Waals surface area contributed by atoms with Gasteiger partial charge in [-0.1, -0.05) is 0 Å². The Morgan fingerprint density at radius 2 is 2.17 bits per heavy atom. The number of rotatable bonds is 1. The molecule has 6 heavy (non-hydrogen) atoms. The van der Waals surface area contributed by atoms with Crippen LogP contribution >= 0.6 is 0 Å². The summed E-state index contributed by atoms with van der Waals surface area (Å²) in [5, 5.41) is 7.81. The van der Waals surface area contributed by atoms with Crippen LogP contribution in [-0.4, -0.2) is 17.1 Å². The van der Waals surface area contributed by atoms with Crippen molar-refractivity contribution in [1.82, 2.24) is 0 Å². The summed E-state index contributed by atoms with van der Waals surface area (Å²) in [6, 6.07) is 0. The first-order valence-electron chi connectivity index (χ1n) is 1.41. The highest BCUT2D eigenvalue weighted by molar-refractivity contribution is 4.70. The average molecular weight is 91.1 g/mol. The zero-order chi connectivity index (χ0) is 4.12. The lowest BCUT2D eigenvalue weighted by Crippen LogP contribution is -1.91. The van der Waals surface area contributed by atoms with Crippen LogP contribution in [0.1, 0.15) is 0 Å². The van der Waals surface area contributed by atoms with Gasteiger partial charge < -0.3 is 16.3 Å². The van der Waals surface area contributed by atoms with Gasteiger partial charge in [0, 0.05) is 6.54 Å². The Kier molecular flexibility index (Phi) is 13.3. The van der Waals surface area contributed by atoms with Crippen molar-refractivity contribution in [3.63, 3.8) is 0 Å². The first-order chi connectivity index (χ1) is 2.41. The molecular formula is C3H9NO2. The van der Waals surface area contributed by atoms with Gasteiger partial charge in [0.15, 0.2) is 0 Å². The van der Waals surface area contributed by atoms with E-state index in [0.717, 1.165) is 6.26 Å². The van der Waals surface area contributed by atoms with Gasteiger partial charge in [0.25, 0.3) is 0 Å². The molecule has 0 aromatic rings. The Morgan fingerprint density at radius 3 is 2.17 bits per heavy atom. The fourth-order valence-electron chi connectivity index (χ4n) is 0.0609. The highest BCUT2D eigenvalue weighted by atomic mass is 16.2. The van der Waals surface area contributed by atoms with Gasteiger partial charge in [0.1, 0.15) is 0 Å². The molecule has 0 atom stereocenters. The van der Waals surface area contributed by atoms with Crippen molar-refractivity contribution in [3.05, 3.63) is 12.3 Å². The molecular weight excluding hydrogens is 82.0 g/mol. The molecule has 3 heteroatoms. The van der Waals surface area contributed by atoms with E-state index < -0.39 is 0 Å².